The first kappa shape index (κ1) is 52.7. The van der Waals surface area contributed by atoms with E-state index in [1.807, 2.05) is 0 Å². The average Bonchev–Trinajstić information content (AvgIpc) is 3.64. The number of hydrogen-bond acceptors (Lipinski definition) is 10. The Morgan fingerprint density at radius 2 is 0.966 bits per heavy atom. The molecule has 0 bridgehead atoms. The Balaban J connectivity index is 1.58. The van der Waals surface area contributed by atoms with Crippen molar-refractivity contribution in [2.24, 2.45) is 5.73 Å². The summed E-state index contributed by atoms with van der Waals surface area (Å²) in [5.74, 6) is 3.76. The van der Waals surface area contributed by atoms with E-state index in [9.17, 15) is 19.0 Å². The summed E-state index contributed by atoms with van der Waals surface area (Å²) in [6.45, 7) is 12.3. The summed E-state index contributed by atoms with van der Waals surface area (Å²) in [6.07, 6.45) is 25.1. The topological polar surface area (TPSA) is 161 Å². The highest BCUT2D eigenvalue weighted by atomic mass is 31.2. The number of ether oxygens (including phenoxy) is 2. The smallest absolute Gasteiger partial charge is 0.466 e. The van der Waals surface area contributed by atoms with E-state index in [1.54, 1.807) is 0 Å². The van der Waals surface area contributed by atoms with Crippen molar-refractivity contribution in [2.45, 2.75) is 215 Å². The molecule has 0 aromatic carbocycles. The second-order valence-electron chi connectivity index (χ2n) is 16.4. The molecule has 59 heavy (non-hydrogen) atoms. The molecule has 2 heterocycles. The monoisotopic (exact) mass is 852 g/mol. The van der Waals surface area contributed by atoms with Gasteiger partial charge in [0.25, 0.3) is 0 Å². The maximum absolute atomic E-state index is 12.7. The number of furan rings is 2. The zero-order chi connectivity index (χ0) is 43.3. The van der Waals surface area contributed by atoms with Crippen LogP contribution < -0.4 is 5.73 Å². The molecule has 0 aliphatic heterocycles. The van der Waals surface area contributed by atoms with Gasteiger partial charge in [0.15, 0.2) is 6.10 Å². The van der Waals surface area contributed by atoms with Crippen molar-refractivity contribution in [3.8, 4) is 0 Å². The Morgan fingerprint density at radius 1 is 0.559 bits per heavy atom. The zero-order valence-electron chi connectivity index (χ0n) is 37.9. The Bertz CT molecular complexity index is 1480. The fourth-order valence-electron chi connectivity index (χ4n) is 7.39. The molecule has 0 radical (unpaired) electrons. The van der Waals surface area contributed by atoms with Crippen LogP contribution in [-0.4, -0.2) is 49.3 Å². The molecule has 0 fully saturated rings. The number of phosphoric ester groups is 1. The van der Waals surface area contributed by atoms with Crippen molar-refractivity contribution >= 4 is 19.8 Å². The predicted octanol–water partition coefficient (Wildman–Crippen LogP) is 12.1. The van der Waals surface area contributed by atoms with Crippen molar-refractivity contribution in [3.05, 3.63) is 45.3 Å². The molecule has 2 rings (SSSR count). The van der Waals surface area contributed by atoms with E-state index in [0.29, 0.717) is 12.8 Å². The largest absolute Gasteiger partial charge is 0.472 e. The molecule has 0 aliphatic rings. The summed E-state index contributed by atoms with van der Waals surface area (Å²) in [5, 5.41) is 0. The third-order valence-corrected chi connectivity index (χ3v) is 12.4. The van der Waals surface area contributed by atoms with Gasteiger partial charge in [-0.15, -0.1) is 0 Å². The van der Waals surface area contributed by atoms with Crippen LogP contribution in [0.15, 0.2) is 8.83 Å². The highest BCUT2D eigenvalue weighted by molar-refractivity contribution is 7.47. The third-order valence-electron chi connectivity index (χ3n) is 11.4. The number of nitrogens with two attached hydrogens (primary N) is 1. The van der Waals surface area contributed by atoms with Crippen LogP contribution in [0.2, 0.25) is 0 Å². The number of hydrogen-bond donors (Lipinski definition) is 2. The molecule has 1 unspecified atom stereocenters. The summed E-state index contributed by atoms with van der Waals surface area (Å²) in [5.41, 5.74) is 10.6. The fourth-order valence-corrected chi connectivity index (χ4v) is 8.15. The summed E-state index contributed by atoms with van der Waals surface area (Å²) in [4.78, 5) is 35.1. The van der Waals surface area contributed by atoms with Crippen LogP contribution in [0, 0.1) is 27.7 Å². The molecule has 0 aliphatic carbocycles. The number of phosphoric acid groups is 1. The molecule has 0 saturated carbocycles. The minimum atomic E-state index is -4.40. The van der Waals surface area contributed by atoms with Crippen molar-refractivity contribution in [3.63, 3.8) is 0 Å². The van der Waals surface area contributed by atoms with E-state index in [2.05, 4.69) is 41.5 Å². The first-order chi connectivity index (χ1) is 28.4. The number of rotatable bonds is 37. The summed E-state index contributed by atoms with van der Waals surface area (Å²) in [7, 11) is -4.40. The minimum Gasteiger partial charge on any atom is -0.466 e. The number of esters is 2. The Kier molecular flexibility index (Phi) is 28.1. The van der Waals surface area contributed by atoms with E-state index in [1.165, 1.54) is 79.4 Å². The highest BCUT2D eigenvalue weighted by Gasteiger charge is 2.26. The normalized spacial score (nSPS) is 13.2. The lowest BCUT2D eigenvalue weighted by Crippen LogP contribution is -2.29. The molecule has 0 amide bonds. The number of aryl methyl sites for hydroxylation is 4. The second-order valence-corrected chi connectivity index (χ2v) is 17.9. The average molecular weight is 852 g/mol. The summed E-state index contributed by atoms with van der Waals surface area (Å²) >= 11 is 0. The Morgan fingerprint density at radius 3 is 1.41 bits per heavy atom. The van der Waals surface area contributed by atoms with Crippen molar-refractivity contribution in [2.75, 3.05) is 26.4 Å². The standard InChI is InChI=1S/C47H82NO10P/c1-7-9-22-28-43-39(5)40(6)45(58-43)30-24-19-15-11-13-17-21-26-32-47(50)56-41(36-55-59(51,52)54-34-33-48)35-53-46(49)31-25-20-16-12-10-14-18-23-29-44-38(4)37(3)42(57-44)27-8-2/h41H,7-36,48H2,1-6H3,(H,51,52)/t41-/m1/s1. The lowest BCUT2D eigenvalue weighted by molar-refractivity contribution is -0.161. The second kappa shape index (κ2) is 31.4. The molecular formula is C47H82NO10P. The SMILES string of the molecule is CCCCCc1oc(CCCCCCCCCCC(=O)O[C@H](COC(=O)CCCCCCCCCCc2oc(CCC)c(C)c2C)COP(=O)(O)OCCN)c(C)c1C. The number of carbonyl (C=O) groups is 2. The molecular weight excluding hydrogens is 769 g/mol. The number of carbonyl (C=O) groups excluding carboxylic acids is 2. The van der Waals surface area contributed by atoms with Crippen molar-refractivity contribution in [1.82, 2.24) is 0 Å². The lowest BCUT2D eigenvalue weighted by Gasteiger charge is -2.19. The lowest BCUT2D eigenvalue weighted by atomic mass is 10.0. The van der Waals surface area contributed by atoms with Gasteiger partial charge in [-0.3, -0.25) is 18.6 Å². The van der Waals surface area contributed by atoms with E-state index in [-0.39, 0.29) is 32.6 Å². The molecule has 12 heteroatoms. The van der Waals surface area contributed by atoms with Gasteiger partial charge in [0.2, 0.25) is 0 Å². The van der Waals surface area contributed by atoms with Crippen LogP contribution in [0.5, 0.6) is 0 Å². The van der Waals surface area contributed by atoms with E-state index in [0.717, 1.165) is 107 Å². The van der Waals surface area contributed by atoms with E-state index < -0.39 is 32.5 Å². The van der Waals surface area contributed by atoms with Crippen molar-refractivity contribution in [1.29, 1.82) is 0 Å². The maximum Gasteiger partial charge on any atom is 0.472 e. The molecule has 2 atom stereocenters. The van der Waals surface area contributed by atoms with Gasteiger partial charge in [0.05, 0.1) is 13.2 Å². The molecule has 0 saturated heterocycles. The first-order valence-corrected chi connectivity index (χ1v) is 24.7. The maximum atomic E-state index is 12.7. The van der Waals surface area contributed by atoms with Gasteiger partial charge in [-0.1, -0.05) is 104 Å². The van der Waals surface area contributed by atoms with Gasteiger partial charge in [-0.25, -0.2) is 4.57 Å². The number of unbranched alkanes of at least 4 members (excludes halogenated alkanes) is 16. The van der Waals surface area contributed by atoms with Crippen LogP contribution in [0.4, 0.5) is 0 Å². The van der Waals surface area contributed by atoms with Gasteiger partial charge in [0.1, 0.15) is 29.6 Å². The van der Waals surface area contributed by atoms with Gasteiger partial charge in [0, 0.05) is 45.1 Å². The van der Waals surface area contributed by atoms with Crippen LogP contribution in [0.1, 0.15) is 200 Å². The quantitative estimate of drug-likeness (QED) is 0.0378. The summed E-state index contributed by atoms with van der Waals surface area (Å²) < 4.78 is 45.3. The zero-order valence-corrected chi connectivity index (χ0v) is 38.8. The Labute approximate surface area is 357 Å². The fraction of sp³-hybridized carbons (Fsp3) is 0.787. The van der Waals surface area contributed by atoms with Crippen LogP contribution in [-0.2, 0) is 58.4 Å². The summed E-state index contributed by atoms with van der Waals surface area (Å²) in [6, 6.07) is 0. The van der Waals surface area contributed by atoms with Crippen LogP contribution in [0.3, 0.4) is 0 Å². The van der Waals surface area contributed by atoms with Gasteiger partial charge >= 0.3 is 19.8 Å². The van der Waals surface area contributed by atoms with Gasteiger partial charge in [-0.05, 0) is 88.5 Å². The van der Waals surface area contributed by atoms with E-state index >= 15 is 0 Å². The van der Waals surface area contributed by atoms with E-state index in [4.69, 9.17) is 33.1 Å². The van der Waals surface area contributed by atoms with Crippen molar-refractivity contribution < 1.29 is 46.4 Å². The molecule has 11 nitrogen and oxygen atoms in total. The van der Waals surface area contributed by atoms with Gasteiger partial charge < -0.3 is 28.9 Å². The van der Waals surface area contributed by atoms with Gasteiger partial charge in [-0.2, -0.15) is 0 Å². The van der Waals surface area contributed by atoms with Crippen LogP contribution in [0.25, 0.3) is 0 Å². The molecule has 3 N–H and O–H groups in total. The minimum absolute atomic E-state index is 0.0427. The highest BCUT2D eigenvalue weighted by Crippen LogP contribution is 2.43. The molecule has 2 aromatic heterocycles. The Hall–Kier alpha value is -2.43. The molecule has 2 aromatic rings. The first-order valence-electron chi connectivity index (χ1n) is 23.2. The molecule has 0 spiro atoms. The third kappa shape index (κ3) is 22.8. The van der Waals surface area contributed by atoms with Crippen LogP contribution >= 0.6 is 7.82 Å². The predicted molar refractivity (Wildman–Crippen MR) is 236 cm³/mol. The molecule has 340 valence electrons.